The summed E-state index contributed by atoms with van der Waals surface area (Å²) in [6, 6.07) is -3.47. The van der Waals surface area contributed by atoms with E-state index in [9.17, 15) is 4.79 Å². The molecule has 0 unspecified atom stereocenters. The van der Waals surface area contributed by atoms with Gasteiger partial charge in [-0.15, -0.1) is 0 Å². The van der Waals surface area contributed by atoms with Crippen LogP contribution in [0.4, 0.5) is 0 Å². The van der Waals surface area contributed by atoms with E-state index in [-0.39, 0.29) is 0 Å². The molecule has 0 fully saturated rings. The Hall–Kier alpha value is -0.570. The Morgan fingerprint density at radius 3 is 2.62 bits per heavy atom. The second-order valence-corrected chi connectivity index (χ2v) is 1.09. The first-order valence-corrected chi connectivity index (χ1v) is 1.72. The van der Waals surface area contributed by atoms with Gasteiger partial charge in [0, 0.05) is 9.60 Å². The molecule has 0 aromatic heterocycles. The Balaban J connectivity index is 5.91. The van der Waals surface area contributed by atoms with Crippen molar-refractivity contribution in [1.29, 1.82) is 0 Å². The Morgan fingerprint density at radius 1 is 2.00 bits per heavy atom. The monoisotopic (exact) mass is 125 g/mol. The summed E-state index contributed by atoms with van der Waals surface area (Å²) < 4.78 is 55.9. The maximum absolute atomic E-state index is 10.6. The fraction of sp³-hybridized carbons (Fsp3) is 0.800. The number of carboxylic acids is 1. The lowest BCUT2D eigenvalue weighted by molar-refractivity contribution is -0.139. The summed E-state index contributed by atoms with van der Waals surface area (Å²) in [6.07, 6.45) is 0. The van der Waals surface area contributed by atoms with Crippen molar-refractivity contribution in [3.8, 4) is 0 Å². The lowest BCUT2D eigenvalue weighted by Crippen LogP contribution is -2.34. The average molecular weight is 125 g/mol. The second-order valence-electron chi connectivity index (χ2n) is 1.09. The van der Waals surface area contributed by atoms with E-state index >= 15 is 0 Å². The molecule has 48 valence electrons. The molecule has 0 aliphatic heterocycles. The molecular weight excluding hydrogens is 106 g/mol. The van der Waals surface area contributed by atoms with Crippen molar-refractivity contribution < 1.29 is 20.9 Å². The van der Waals surface area contributed by atoms with Crippen LogP contribution in [0.15, 0.2) is 0 Å². The number of rotatable bonds is 2. The van der Waals surface area contributed by atoms with E-state index in [2.05, 4.69) is 0 Å². The van der Waals surface area contributed by atoms with Crippen LogP contribution in [-0.2, 0) is 4.79 Å². The Morgan fingerprint density at radius 2 is 2.50 bits per heavy atom. The average Bonchev–Trinajstić information content (AvgIpc) is 1.97. The zero-order valence-corrected chi connectivity index (χ0v) is 3.93. The van der Waals surface area contributed by atoms with Crippen molar-refractivity contribution in [1.82, 2.24) is 0 Å². The molecule has 0 rings (SSSR count). The SMILES string of the molecule is [2H]C([2H])([2H])C([2H])(C([2H])([2H])[2H])[C@@]([2H])(N)C(=O)O. The molecule has 0 saturated heterocycles. The first kappa shape index (κ1) is 1.48. The summed E-state index contributed by atoms with van der Waals surface area (Å²) in [5, 5.41) is 8.57. The van der Waals surface area contributed by atoms with E-state index in [1.807, 2.05) is 0 Å². The molecule has 0 aliphatic rings. The maximum Gasteiger partial charge on any atom is 0.320 e. The molecule has 0 aromatic rings. The minimum Gasteiger partial charge on any atom is -0.480 e. The van der Waals surface area contributed by atoms with Crippen molar-refractivity contribution in [2.75, 3.05) is 0 Å². The summed E-state index contributed by atoms with van der Waals surface area (Å²) in [4.78, 5) is 10.6. The van der Waals surface area contributed by atoms with Crippen LogP contribution in [-0.4, -0.2) is 17.1 Å². The molecule has 0 radical (unpaired) electrons. The number of aliphatic carboxylic acids is 1. The van der Waals surface area contributed by atoms with E-state index < -0.39 is 31.6 Å². The summed E-state index contributed by atoms with van der Waals surface area (Å²) in [6.45, 7) is -7.07. The van der Waals surface area contributed by atoms with Gasteiger partial charge in [0.2, 0.25) is 0 Å². The van der Waals surface area contributed by atoms with Gasteiger partial charge in [-0.2, -0.15) is 0 Å². The van der Waals surface area contributed by atoms with Gasteiger partial charge < -0.3 is 10.8 Å². The Labute approximate surface area is 59.7 Å². The Bertz CT molecular complexity index is 278. The van der Waals surface area contributed by atoms with Gasteiger partial charge in [0.15, 0.2) is 0 Å². The molecule has 3 heteroatoms. The van der Waals surface area contributed by atoms with Gasteiger partial charge in [0.25, 0.3) is 0 Å². The smallest absolute Gasteiger partial charge is 0.320 e. The lowest BCUT2D eigenvalue weighted by atomic mass is 10.1. The highest BCUT2D eigenvalue weighted by Gasteiger charge is 2.14. The molecule has 0 bridgehead atoms. The zero-order chi connectivity index (χ0) is 13.6. The van der Waals surface area contributed by atoms with Crippen molar-refractivity contribution in [3.63, 3.8) is 0 Å². The molecule has 8 heavy (non-hydrogen) atoms. The van der Waals surface area contributed by atoms with Gasteiger partial charge in [-0.05, 0) is 5.89 Å². The third kappa shape index (κ3) is 1.93. The number of hydrogen-bond acceptors (Lipinski definition) is 2. The fourth-order valence-corrected chi connectivity index (χ4v) is 0.107. The van der Waals surface area contributed by atoms with E-state index in [1.54, 1.807) is 0 Å². The number of hydrogen-bond donors (Lipinski definition) is 2. The van der Waals surface area contributed by atoms with Gasteiger partial charge in [-0.1, -0.05) is 13.7 Å². The van der Waals surface area contributed by atoms with Crippen LogP contribution in [0, 0.1) is 5.89 Å². The van der Waals surface area contributed by atoms with Gasteiger partial charge in [0.1, 0.15) is 6.02 Å². The first-order chi connectivity index (χ1) is 6.69. The number of nitrogens with two attached hydrogens (primary N) is 1. The van der Waals surface area contributed by atoms with Crippen LogP contribution in [0.1, 0.15) is 24.7 Å². The highest BCUT2D eigenvalue weighted by molar-refractivity contribution is 5.73. The Kier molecular flexibility index (Phi) is 0.492. The third-order valence-electron chi connectivity index (χ3n) is 0.500. The minimum absolute atomic E-state index is 2.19. The van der Waals surface area contributed by atoms with Gasteiger partial charge in [0.05, 0.1) is 1.37 Å². The number of carboxylic acid groups (broad SMARTS) is 1. The van der Waals surface area contributed by atoms with Crippen molar-refractivity contribution in [3.05, 3.63) is 0 Å². The predicted molar refractivity (Wildman–Crippen MR) is 30.4 cm³/mol. The highest BCUT2D eigenvalue weighted by atomic mass is 16.4. The summed E-state index contributed by atoms with van der Waals surface area (Å²) >= 11 is 0. The minimum atomic E-state index is -3.61. The van der Waals surface area contributed by atoms with E-state index in [1.165, 1.54) is 0 Å². The zero-order valence-electron chi connectivity index (χ0n) is 11.9. The summed E-state index contributed by atoms with van der Waals surface area (Å²) in [5.74, 6) is -5.80. The summed E-state index contributed by atoms with van der Waals surface area (Å²) in [7, 11) is 0. The molecule has 0 spiro atoms. The molecule has 0 amide bonds. The first-order valence-electron chi connectivity index (χ1n) is 5.72. The molecular formula is C5H11NO2. The summed E-state index contributed by atoms with van der Waals surface area (Å²) in [5.41, 5.74) is 4.87. The van der Waals surface area contributed by atoms with Crippen molar-refractivity contribution >= 4 is 5.97 Å². The highest BCUT2D eigenvalue weighted by Crippen LogP contribution is 1.96. The van der Waals surface area contributed by atoms with Crippen LogP contribution in [0.3, 0.4) is 0 Å². The normalized spacial score (nSPS) is 37.1. The van der Waals surface area contributed by atoms with Crippen LogP contribution in [0.5, 0.6) is 0 Å². The topological polar surface area (TPSA) is 63.3 Å². The lowest BCUT2D eigenvalue weighted by Gasteiger charge is -2.07. The standard InChI is InChI=1S/C5H11NO2/c1-3(2)4(6)5(7)8/h3-4H,6H2,1-2H3,(H,7,8)/t4-/m1/s1/i1D3,2D3,3D,4D. The van der Waals surface area contributed by atoms with Gasteiger partial charge in [-0.3, -0.25) is 4.79 Å². The van der Waals surface area contributed by atoms with E-state index in [0.29, 0.717) is 0 Å². The van der Waals surface area contributed by atoms with Gasteiger partial charge >= 0.3 is 5.97 Å². The molecule has 3 N–H and O–H groups in total. The van der Waals surface area contributed by atoms with E-state index in [0.717, 1.165) is 0 Å². The second kappa shape index (κ2) is 2.67. The van der Waals surface area contributed by atoms with E-state index in [4.69, 9.17) is 21.8 Å². The molecule has 0 saturated carbocycles. The van der Waals surface area contributed by atoms with Gasteiger partial charge in [-0.25, -0.2) is 0 Å². The quantitative estimate of drug-likeness (QED) is 0.548. The van der Waals surface area contributed by atoms with Crippen LogP contribution >= 0.6 is 0 Å². The molecule has 3 nitrogen and oxygen atoms in total. The molecule has 1 atom stereocenters. The largest absolute Gasteiger partial charge is 0.480 e. The molecule has 0 aliphatic carbocycles. The van der Waals surface area contributed by atoms with Crippen LogP contribution in [0.25, 0.3) is 0 Å². The van der Waals surface area contributed by atoms with Crippen molar-refractivity contribution in [2.45, 2.75) is 19.7 Å². The van der Waals surface area contributed by atoms with Crippen molar-refractivity contribution in [2.24, 2.45) is 11.6 Å². The number of carbonyl (C=O) groups is 1. The third-order valence-corrected chi connectivity index (χ3v) is 0.500. The molecule has 0 aromatic carbocycles. The van der Waals surface area contributed by atoms with Crippen LogP contribution < -0.4 is 5.73 Å². The van der Waals surface area contributed by atoms with Crippen LogP contribution in [0.2, 0.25) is 0 Å². The maximum atomic E-state index is 10.6. The molecule has 0 heterocycles. The fourth-order valence-electron chi connectivity index (χ4n) is 0.107. The predicted octanol–water partition coefficient (Wildman–Crippen LogP) is 0.0543.